The van der Waals surface area contributed by atoms with Gasteiger partial charge in [0.15, 0.2) is 0 Å². The molecule has 0 aliphatic carbocycles. The standard InChI is InChI=1S/C16H12N4O/c1-10-3-2-4-14(19)15(10)16(21)20-13-6-5-11(8-17)12(7-13)9-18/h2-7H,19H2,1H3,(H,20,21). The van der Waals surface area contributed by atoms with Crippen LogP contribution in [-0.2, 0) is 0 Å². The molecule has 2 rings (SSSR count). The molecule has 21 heavy (non-hydrogen) atoms. The summed E-state index contributed by atoms with van der Waals surface area (Å²) in [6.45, 7) is 1.80. The minimum absolute atomic E-state index is 0.216. The number of aryl methyl sites for hydroxylation is 1. The highest BCUT2D eigenvalue weighted by Gasteiger charge is 2.13. The van der Waals surface area contributed by atoms with Crippen molar-refractivity contribution >= 4 is 17.3 Å². The number of nitriles is 2. The minimum atomic E-state index is -0.348. The summed E-state index contributed by atoms with van der Waals surface area (Å²) >= 11 is 0. The number of carbonyl (C=O) groups excluding carboxylic acids is 1. The van der Waals surface area contributed by atoms with Crippen molar-refractivity contribution < 1.29 is 4.79 Å². The molecule has 0 saturated carbocycles. The number of nitrogen functional groups attached to an aromatic ring is 1. The molecule has 0 saturated heterocycles. The summed E-state index contributed by atoms with van der Waals surface area (Å²) in [7, 11) is 0. The highest BCUT2D eigenvalue weighted by atomic mass is 16.1. The number of amides is 1. The largest absolute Gasteiger partial charge is 0.398 e. The smallest absolute Gasteiger partial charge is 0.258 e. The van der Waals surface area contributed by atoms with E-state index in [4.69, 9.17) is 16.3 Å². The molecule has 2 aromatic rings. The molecule has 1 amide bonds. The van der Waals surface area contributed by atoms with Gasteiger partial charge in [0.2, 0.25) is 0 Å². The molecule has 5 heteroatoms. The van der Waals surface area contributed by atoms with Gasteiger partial charge in [0, 0.05) is 11.4 Å². The van der Waals surface area contributed by atoms with Crippen molar-refractivity contribution in [2.24, 2.45) is 0 Å². The van der Waals surface area contributed by atoms with E-state index in [1.807, 2.05) is 12.1 Å². The van der Waals surface area contributed by atoms with Crippen LogP contribution in [0.4, 0.5) is 11.4 Å². The first-order chi connectivity index (χ1) is 10.1. The van der Waals surface area contributed by atoms with Crippen molar-refractivity contribution in [2.45, 2.75) is 6.92 Å². The van der Waals surface area contributed by atoms with Crippen LogP contribution in [0.15, 0.2) is 36.4 Å². The number of benzene rings is 2. The monoisotopic (exact) mass is 276 g/mol. The van der Waals surface area contributed by atoms with Crippen LogP contribution >= 0.6 is 0 Å². The molecule has 2 aromatic carbocycles. The summed E-state index contributed by atoms with van der Waals surface area (Å²) in [6, 6.07) is 13.6. The zero-order chi connectivity index (χ0) is 15.4. The Morgan fingerprint density at radius 3 is 2.48 bits per heavy atom. The maximum absolute atomic E-state index is 12.3. The Morgan fingerprint density at radius 2 is 1.86 bits per heavy atom. The second-order valence-electron chi connectivity index (χ2n) is 4.48. The highest BCUT2D eigenvalue weighted by Crippen LogP contribution is 2.20. The van der Waals surface area contributed by atoms with Crippen LogP contribution in [-0.4, -0.2) is 5.91 Å². The van der Waals surface area contributed by atoms with Crippen LogP contribution in [0.25, 0.3) is 0 Å². The lowest BCUT2D eigenvalue weighted by molar-refractivity contribution is 0.102. The van der Waals surface area contributed by atoms with Crippen LogP contribution in [0.5, 0.6) is 0 Å². The van der Waals surface area contributed by atoms with Gasteiger partial charge in [-0.2, -0.15) is 10.5 Å². The fourth-order valence-electron chi connectivity index (χ4n) is 2.01. The predicted molar refractivity (Wildman–Crippen MR) is 79.4 cm³/mol. The van der Waals surface area contributed by atoms with E-state index in [-0.39, 0.29) is 17.0 Å². The molecule has 0 fully saturated rings. The first-order valence-corrected chi connectivity index (χ1v) is 6.17. The third-order valence-electron chi connectivity index (χ3n) is 3.05. The number of carbonyl (C=O) groups is 1. The van der Waals surface area contributed by atoms with Crippen molar-refractivity contribution in [1.82, 2.24) is 0 Å². The summed E-state index contributed by atoms with van der Waals surface area (Å²) in [4.78, 5) is 12.3. The van der Waals surface area contributed by atoms with Crippen molar-refractivity contribution in [3.63, 3.8) is 0 Å². The van der Waals surface area contributed by atoms with Gasteiger partial charge in [0.05, 0.1) is 16.7 Å². The fraction of sp³-hybridized carbons (Fsp3) is 0.0625. The Labute approximate surface area is 122 Å². The Bertz CT molecular complexity index is 777. The molecule has 0 radical (unpaired) electrons. The molecule has 0 bridgehead atoms. The summed E-state index contributed by atoms with van der Waals surface area (Å²) in [5, 5.41) is 20.5. The van der Waals surface area contributed by atoms with Crippen LogP contribution in [0.2, 0.25) is 0 Å². The van der Waals surface area contributed by atoms with Crippen molar-refractivity contribution in [1.29, 1.82) is 10.5 Å². The summed E-state index contributed by atoms with van der Waals surface area (Å²) in [5.74, 6) is -0.348. The van der Waals surface area contributed by atoms with Gasteiger partial charge in [-0.05, 0) is 36.8 Å². The molecule has 3 N–H and O–H groups in total. The predicted octanol–water partition coefficient (Wildman–Crippen LogP) is 2.57. The van der Waals surface area contributed by atoms with Crippen LogP contribution in [0.3, 0.4) is 0 Å². The van der Waals surface area contributed by atoms with Crippen LogP contribution < -0.4 is 11.1 Å². The summed E-state index contributed by atoms with van der Waals surface area (Å²) < 4.78 is 0. The first kappa shape index (κ1) is 14.1. The third-order valence-corrected chi connectivity index (χ3v) is 3.05. The van der Waals surface area contributed by atoms with Gasteiger partial charge in [-0.15, -0.1) is 0 Å². The molecule has 102 valence electrons. The Kier molecular flexibility index (Phi) is 3.87. The molecular weight excluding hydrogens is 264 g/mol. The van der Waals surface area contributed by atoms with E-state index >= 15 is 0 Å². The van der Waals surface area contributed by atoms with Gasteiger partial charge < -0.3 is 11.1 Å². The number of nitrogens with one attached hydrogen (secondary N) is 1. The zero-order valence-electron chi connectivity index (χ0n) is 11.3. The Hall–Kier alpha value is -3.31. The number of rotatable bonds is 2. The molecule has 0 spiro atoms. The average Bonchev–Trinajstić information content (AvgIpc) is 2.46. The van der Waals surface area contributed by atoms with Gasteiger partial charge in [0.1, 0.15) is 12.1 Å². The average molecular weight is 276 g/mol. The number of hydrogen-bond donors (Lipinski definition) is 2. The third kappa shape index (κ3) is 2.83. The van der Waals surface area contributed by atoms with E-state index < -0.39 is 0 Å². The number of hydrogen-bond acceptors (Lipinski definition) is 4. The SMILES string of the molecule is Cc1cccc(N)c1C(=O)Nc1ccc(C#N)c(C#N)c1. The second-order valence-corrected chi connectivity index (χ2v) is 4.48. The normalized spacial score (nSPS) is 9.48. The van der Waals surface area contributed by atoms with Gasteiger partial charge in [-0.25, -0.2) is 0 Å². The highest BCUT2D eigenvalue weighted by molar-refractivity contribution is 6.08. The van der Waals surface area contributed by atoms with E-state index in [0.29, 0.717) is 16.9 Å². The zero-order valence-corrected chi connectivity index (χ0v) is 11.3. The van der Waals surface area contributed by atoms with E-state index in [1.54, 1.807) is 31.2 Å². The van der Waals surface area contributed by atoms with Crippen molar-refractivity contribution in [3.8, 4) is 12.1 Å². The number of anilines is 2. The molecule has 0 aromatic heterocycles. The molecule has 5 nitrogen and oxygen atoms in total. The lowest BCUT2D eigenvalue weighted by Crippen LogP contribution is -2.15. The summed E-state index contributed by atoms with van der Waals surface area (Å²) in [5.41, 5.74) is 8.31. The van der Waals surface area contributed by atoms with E-state index in [2.05, 4.69) is 5.32 Å². The topological polar surface area (TPSA) is 103 Å². The molecular formula is C16H12N4O. The van der Waals surface area contributed by atoms with E-state index in [0.717, 1.165) is 5.56 Å². The number of nitrogens with zero attached hydrogens (tertiary/aromatic N) is 2. The summed E-state index contributed by atoms with van der Waals surface area (Å²) in [6.07, 6.45) is 0. The molecule has 0 aliphatic heterocycles. The van der Waals surface area contributed by atoms with Crippen molar-refractivity contribution in [2.75, 3.05) is 11.1 Å². The lowest BCUT2D eigenvalue weighted by Gasteiger charge is -2.10. The Balaban J connectivity index is 2.33. The van der Waals surface area contributed by atoms with Gasteiger partial charge in [-0.3, -0.25) is 4.79 Å². The quantitative estimate of drug-likeness (QED) is 0.823. The van der Waals surface area contributed by atoms with Gasteiger partial charge in [0.25, 0.3) is 5.91 Å². The van der Waals surface area contributed by atoms with E-state index in [1.165, 1.54) is 12.1 Å². The fourth-order valence-corrected chi connectivity index (χ4v) is 2.01. The minimum Gasteiger partial charge on any atom is -0.398 e. The van der Waals surface area contributed by atoms with Crippen LogP contribution in [0.1, 0.15) is 27.0 Å². The molecule has 0 atom stereocenters. The first-order valence-electron chi connectivity index (χ1n) is 6.17. The Morgan fingerprint density at radius 1 is 1.14 bits per heavy atom. The number of nitrogens with two attached hydrogens (primary N) is 1. The lowest BCUT2D eigenvalue weighted by atomic mass is 10.1. The molecule has 0 heterocycles. The maximum Gasteiger partial charge on any atom is 0.258 e. The maximum atomic E-state index is 12.3. The van der Waals surface area contributed by atoms with Gasteiger partial charge >= 0.3 is 0 Å². The van der Waals surface area contributed by atoms with Crippen molar-refractivity contribution in [3.05, 3.63) is 58.7 Å². The molecule has 0 unspecified atom stereocenters. The van der Waals surface area contributed by atoms with E-state index in [9.17, 15) is 4.79 Å². The van der Waals surface area contributed by atoms with Crippen LogP contribution in [0, 0.1) is 29.6 Å². The van der Waals surface area contributed by atoms with Gasteiger partial charge in [-0.1, -0.05) is 12.1 Å². The second kappa shape index (κ2) is 5.77. The molecule has 0 aliphatic rings.